The second kappa shape index (κ2) is 14.0. The molecule has 274 valence electrons. The van der Waals surface area contributed by atoms with Crippen molar-refractivity contribution in [3.05, 3.63) is 186 Å². The van der Waals surface area contributed by atoms with E-state index in [1.807, 2.05) is 72.8 Å². The van der Waals surface area contributed by atoms with Crippen LogP contribution >= 0.6 is 0 Å². The van der Waals surface area contributed by atoms with Crippen molar-refractivity contribution in [2.45, 2.75) is 0 Å². The average Bonchev–Trinajstić information content (AvgIpc) is 3.82. The van der Waals surface area contributed by atoms with Gasteiger partial charge in [-0.3, -0.25) is 4.98 Å². The lowest BCUT2D eigenvalue weighted by atomic mass is 9.97. The number of nitrogens with zero attached hydrogens (tertiary/aromatic N) is 8. The van der Waals surface area contributed by atoms with E-state index in [9.17, 15) is 26.3 Å². The number of para-hydroxylation sites is 2. The molecule has 0 aliphatic rings. The zero-order chi connectivity index (χ0) is 40.9. The summed E-state index contributed by atoms with van der Waals surface area (Å²) in [5.74, 6) is 0. The van der Waals surface area contributed by atoms with E-state index in [-0.39, 0.29) is 0 Å². The predicted octanol–water partition coefficient (Wildman–Crippen LogP) is 11.6. The maximum absolute atomic E-state index is 11.4. The van der Waals surface area contributed by atoms with Gasteiger partial charge in [0.15, 0.2) is 0 Å². The van der Waals surface area contributed by atoms with Gasteiger partial charge in [-0.1, -0.05) is 72.8 Å². The van der Waals surface area contributed by atoms with Crippen molar-refractivity contribution in [2.75, 3.05) is 0 Å². The average molecular weight is 763 g/mol. The molecule has 10 aromatic rings. The minimum absolute atomic E-state index is 0.393. The Morgan fingerprint density at radius 1 is 0.367 bits per heavy atom. The van der Waals surface area contributed by atoms with Crippen molar-refractivity contribution in [1.29, 1.82) is 26.3 Å². The Labute approximate surface area is 343 Å². The van der Waals surface area contributed by atoms with Crippen LogP contribution in [0.15, 0.2) is 158 Å². The molecule has 7 aromatic carbocycles. The number of hydrogen-bond donors (Lipinski definition) is 0. The van der Waals surface area contributed by atoms with E-state index in [1.165, 1.54) is 0 Å². The third kappa shape index (κ3) is 5.45. The minimum Gasteiger partial charge on any atom is -0.308 e. The van der Waals surface area contributed by atoms with Crippen LogP contribution in [0.5, 0.6) is 0 Å². The van der Waals surface area contributed by atoms with Gasteiger partial charge in [0, 0.05) is 33.9 Å². The zero-order valence-electron chi connectivity index (χ0n) is 31.6. The molecule has 60 heavy (non-hydrogen) atoms. The van der Waals surface area contributed by atoms with Gasteiger partial charge in [-0.2, -0.15) is 26.3 Å². The number of nitriles is 5. The standard InChI is InChI=1S/C52H26N8/c53-27-32-9-13-40(38(21-32)29-55)35-11-15-44-42-5-1-3-7-47(42)59(49(44)23-35)51-25-37(34-17-19-58-20-18-34)26-52(46(51)31-57)60-48-8-4-2-6-43(48)45-16-12-36(24-50(45)60)41-14-10-33(28-54)22-39(41)30-56/h1-26H. The topological polar surface area (TPSA) is 142 Å². The van der Waals surface area contributed by atoms with Crippen molar-refractivity contribution in [2.24, 2.45) is 0 Å². The van der Waals surface area contributed by atoms with E-state index in [0.717, 1.165) is 65.9 Å². The second-order valence-electron chi connectivity index (χ2n) is 14.4. The molecule has 3 heterocycles. The molecule has 0 bridgehead atoms. The van der Waals surface area contributed by atoms with Gasteiger partial charge in [-0.25, -0.2) is 0 Å². The van der Waals surface area contributed by atoms with Crippen molar-refractivity contribution >= 4 is 43.6 Å². The van der Waals surface area contributed by atoms with Gasteiger partial charge in [-0.05, 0) is 106 Å². The molecular formula is C52H26N8. The van der Waals surface area contributed by atoms with Crippen LogP contribution in [0.25, 0.3) is 88.4 Å². The van der Waals surface area contributed by atoms with Gasteiger partial charge in [-0.15, -0.1) is 0 Å². The summed E-state index contributed by atoms with van der Waals surface area (Å²) < 4.78 is 4.26. The summed E-state index contributed by atoms with van der Waals surface area (Å²) in [6.07, 6.45) is 3.50. The fourth-order valence-corrected chi connectivity index (χ4v) is 8.50. The summed E-state index contributed by atoms with van der Waals surface area (Å²) in [7, 11) is 0. The van der Waals surface area contributed by atoms with Crippen LogP contribution in [0, 0.1) is 56.7 Å². The first-order valence-electron chi connectivity index (χ1n) is 19.0. The van der Waals surface area contributed by atoms with E-state index in [0.29, 0.717) is 50.3 Å². The Morgan fingerprint density at radius 2 is 0.833 bits per heavy atom. The molecule has 3 aromatic heterocycles. The van der Waals surface area contributed by atoms with Gasteiger partial charge in [0.25, 0.3) is 0 Å². The molecule has 0 saturated carbocycles. The molecule has 0 saturated heterocycles. The Morgan fingerprint density at radius 3 is 1.28 bits per heavy atom. The van der Waals surface area contributed by atoms with Crippen LogP contribution in [0.4, 0.5) is 0 Å². The highest BCUT2D eigenvalue weighted by molar-refractivity contribution is 6.12. The van der Waals surface area contributed by atoms with E-state index < -0.39 is 0 Å². The van der Waals surface area contributed by atoms with Crippen LogP contribution < -0.4 is 0 Å². The van der Waals surface area contributed by atoms with Crippen LogP contribution in [0.2, 0.25) is 0 Å². The SMILES string of the molecule is N#Cc1ccc(-c2ccc3c4ccccc4n(-c4cc(-c5ccncc5)cc(-n5c6ccccc6c6ccc(-c7ccc(C#N)cc7C#N)cc65)c4C#N)c3c2)c(C#N)c1. The Hall–Kier alpha value is -9.26. The summed E-state index contributed by atoms with van der Waals surface area (Å²) in [5.41, 5.74) is 11.6. The van der Waals surface area contributed by atoms with Crippen molar-refractivity contribution in [1.82, 2.24) is 14.1 Å². The second-order valence-corrected chi connectivity index (χ2v) is 14.4. The molecule has 10 rings (SSSR count). The van der Waals surface area contributed by atoms with Crippen LogP contribution in [-0.4, -0.2) is 14.1 Å². The van der Waals surface area contributed by atoms with Crippen LogP contribution in [0.1, 0.15) is 27.8 Å². The number of benzene rings is 7. The molecule has 0 spiro atoms. The fraction of sp³-hybridized carbons (Fsp3) is 0. The van der Waals surface area contributed by atoms with Gasteiger partial charge in [0.05, 0.1) is 80.0 Å². The Kier molecular flexibility index (Phi) is 8.23. The van der Waals surface area contributed by atoms with Gasteiger partial charge < -0.3 is 9.13 Å². The molecule has 0 radical (unpaired) electrons. The third-order valence-corrected chi connectivity index (χ3v) is 11.2. The molecular weight excluding hydrogens is 737 g/mol. The van der Waals surface area contributed by atoms with Crippen molar-refractivity contribution in [3.63, 3.8) is 0 Å². The first kappa shape index (κ1) is 35.2. The smallest absolute Gasteiger partial charge is 0.104 e. The van der Waals surface area contributed by atoms with E-state index >= 15 is 0 Å². The highest BCUT2D eigenvalue weighted by Gasteiger charge is 2.23. The lowest BCUT2D eigenvalue weighted by Gasteiger charge is -2.19. The Bertz CT molecular complexity index is 3450. The molecule has 0 N–H and O–H groups in total. The molecule has 8 nitrogen and oxygen atoms in total. The lowest BCUT2D eigenvalue weighted by Crippen LogP contribution is -2.05. The summed E-state index contributed by atoms with van der Waals surface area (Å²) in [6, 6.07) is 58.1. The maximum atomic E-state index is 11.4. The summed E-state index contributed by atoms with van der Waals surface area (Å²) >= 11 is 0. The summed E-state index contributed by atoms with van der Waals surface area (Å²) in [5, 5.41) is 54.7. The molecule has 0 atom stereocenters. The maximum Gasteiger partial charge on any atom is 0.104 e. The number of pyridine rings is 1. The summed E-state index contributed by atoms with van der Waals surface area (Å²) in [6.45, 7) is 0. The number of fused-ring (bicyclic) bond motifs is 6. The van der Waals surface area contributed by atoms with Crippen LogP contribution in [0.3, 0.4) is 0 Å². The van der Waals surface area contributed by atoms with E-state index in [1.54, 1.807) is 36.7 Å². The predicted molar refractivity (Wildman–Crippen MR) is 233 cm³/mol. The molecule has 0 aliphatic carbocycles. The monoisotopic (exact) mass is 762 g/mol. The van der Waals surface area contributed by atoms with Crippen LogP contribution in [-0.2, 0) is 0 Å². The third-order valence-electron chi connectivity index (χ3n) is 11.2. The number of hydrogen-bond acceptors (Lipinski definition) is 6. The van der Waals surface area contributed by atoms with E-state index in [4.69, 9.17) is 0 Å². The van der Waals surface area contributed by atoms with Gasteiger partial charge in [0.1, 0.15) is 11.6 Å². The molecule has 0 fully saturated rings. The highest BCUT2D eigenvalue weighted by atomic mass is 15.0. The minimum atomic E-state index is 0.393. The first-order chi connectivity index (χ1) is 29.5. The molecule has 0 amide bonds. The zero-order valence-corrected chi connectivity index (χ0v) is 31.6. The molecule has 0 aliphatic heterocycles. The number of aromatic nitrogens is 3. The molecule has 8 heteroatoms. The largest absolute Gasteiger partial charge is 0.308 e. The lowest BCUT2D eigenvalue weighted by molar-refractivity contribution is 1.12. The van der Waals surface area contributed by atoms with Gasteiger partial charge in [0.2, 0.25) is 0 Å². The van der Waals surface area contributed by atoms with E-state index in [2.05, 4.69) is 93.0 Å². The van der Waals surface area contributed by atoms with Gasteiger partial charge >= 0.3 is 0 Å². The fourth-order valence-electron chi connectivity index (χ4n) is 8.50. The van der Waals surface area contributed by atoms with Crippen molar-refractivity contribution in [3.8, 4) is 75.1 Å². The number of rotatable bonds is 5. The quantitative estimate of drug-likeness (QED) is 0.171. The first-order valence-corrected chi connectivity index (χ1v) is 19.0. The molecule has 0 unspecified atom stereocenters. The highest BCUT2D eigenvalue weighted by Crippen LogP contribution is 2.42. The normalized spacial score (nSPS) is 10.9. The Balaban J connectivity index is 1.32. The van der Waals surface area contributed by atoms with Crippen molar-refractivity contribution < 1.29 is 0 Å². The summed E-state index contributed by atoms with van der Waals surface area (Å²) in [4.78, 5) is 4.30.